The average Bonchev–Trinajstić information content (AvgIpc) is 3.20. The number of nitrogens with zero attached hydrogens (tertiary/aromatic N) is 5. The van der Waals surface area contributed by atoms with Crippen molar-refractivity contribution in [3.05, 3.63) is 66.7 Å². The van der Waals surface area contributed by atoms with Crippen LogP contribution in [0.1, 0.15) is 5.56 Å². The van der Waals surface area contributed by atoms with Gasteiger partial charge in [-0.25, -0.2) is 0 Å². The van der Waals surface area contributed by atoms with Gasteiger partial charge in [0, 0.05) is 39.9 Å². The van der Waals surface area contributed by atoms with E-state index >= 15 is 0 Å². The van der Waals surface area contributed by atoms with Crippen molar-refractivity contribution in [2.45, 2.75) is 18.2 Å². The minimum Gasteiger partial charge on any atom is -0.496 e. The maximum absolute atomic E-state index is 12.7. The molecule has 3 aromatic rings. The molecule has 0 fully saturated rings. The molecule has 32 heavy (non-hydrogen) atoms. The Bertz CT molecular complexity index is 1060. The number of hydrogen-bond acceptors (Lipinski definition) is 6. The van der Waals surface area contributed by atoms with Gasteiger partial charge < -0.3 is 14.5 Å². The van der Waals surface area contributed by atoms with E-state index in [4.69, 9.17) is 4.74 Å². The fraction of sp³-hybridized carbons (Fsp3) is 0.292. The first-order chi connectivity index (χ1) is 15.4. The first kappa shape index (κ1) is 23.4. The molecule has 3 rings (SSSR count). The number of anilines is 1. The highest BCUT2D eigenvalue weighted by Crippen LogP contribution is 2.31. The van der Waals surface area contributed by atoms with E-state index in [1.165, 1.54) is 11.8 Å². The fourth-order valence-corrected chi connectivity index (χ4v) is 4.10. The number of benzene rings is 2. The molecule has 0 aliphatic carbocycles. The molecule has 0 radical (unpaired) electrons. The van der Waals surface area contributed by atoms with Gasteiger partial charge in [0.15, 0.2) is 11.0 Å². The molecule has 8 heteroatoms. The summed E-state index contributed by atoms with van der Waals surface area (Å²) in [7, 11) is 7.46. The monoisotopic (exact) mass is 451 g/mol. The highest BCUT2D eigenvalue weighted by atomic mass is 32.2. The van der Waals surface area contributed by atoms with Crippen molar-refractivity contribution in [1.82, 2.24) is 19.7 Å². The number of allylic oxidation sites excluding steroid dienone is 1. The van der Waals surface area contributed by atoms with E-state index in [1.807, 2.05) is 67.0 Å². The number of hydrogen-bond donors (Lipinski definition) is 0. The van der Waals surface area contributed by atoms with Crippen LogP contribution < -0.4 is 9.64 Å². The summed E-state index contributed by atoms with van der Waals surface area (Å²) in [4.78, 5) is 16.5. The van der Waals surface area contributed by atoms with Crippen LogP contribution in [0.2, 0.25) is 0 Å². The second-order valence-corrected chi connectivity index (χ2v) is 8.45. The van der Waals surface area contributed by atoms with Crippen molar-refractivity contribution in [2.75, 3.05) is 38.9 Å². The molecular formula is C24H29N5O2S. The van der Waals surface area contributed by atoms with Crippen molar-refractivity contribution in [2.24, 2.45) is 0 Å². The molecule has 0 N–H and O–H groups in total. The Kier molecular flexibility index (Phi) is 7.94. The molecule has 0 bridgehead atoms. The quantitative estimate of drug-likeness (QED) is 0.344. The number of thioether (sulfide) groups is 1. The van der Waals surface area contributed by atoms with Gasteiger partial charge in [-0.05, 0) is 29.8 Å². The van der Waals surface area contributed by atoms with Crippen LogP contribution in [0, 0.1) is 0 Å². The van der Waals surface area contributed by atoms with Crippen LogP contribution in [-0.4, -0.2) is 59.6 Å². The lowest BCUT2D eigenvalue weighted by Gasteiger charge is -2.18. The van der Waals surface area contributed by atoms with Crippen molar-refractivity contribution in [3.8, 4) is 17.1 Å². The van der Waals surface area contributed by atoms with E-state index in [-0.39, 0.29) is 11.7 Å². The maximum Gasteiger partial charge on any atom is 0.233 e. The Morgan fingerprint density at radius 3 is 2.50 bits per heavy atom. The Balaban J connectivity index is 1.68. The highest BCUT2D eigenvalue weighted by Gasteiger charge is 2.18. The van der Waals surface area contributed by atoms with E-state index in [0.717, 1.165) is 22.6 Å². The zero-order valence-corrected chi connectivity index (χ0v) is 19.8. The molecule has 7 nitrogen and oxygen atoms in total. The molecule has 1 amide bonds. The van der Waals surface area contributed by atoms with Crippen molar-refractivity contribution in [3.63, 3.8) is 0 Å². The number of carbonyl (C=O) groups is 1. The number of aromatic nitrogens is 3. The molecule has 168 valence electrons. The molecule has 0 saturated carbocycles. The summed E-state index contributed by atoms with van der Waals surface area (Å²) in [6.07, 6.45) is 1.79. The van der Waals surface area contributed by atoms with Crippen LogP contribution in [-0.2, 0) is 17.9 Å². The van der Waals surface area contributed by atoms with Gasteiger partial charge in [-0.15, -0.1) is 16.8 Å². The summed E-state index contributed by atoms with van der Waals surface area (Å²) in [6, 6.07) is 15.9. The van der Waals surface area contributed by atoms with Gasteiger partial charge in [0.1, 0.15) is 5.75 Å². The summed E-state index contributed by atoms with van der Waals surface area (Å²) in [6.45, 7) is 4.93. The van der Waals surface area contributed by atoms with E-state index in [1.54, 1.807) is 18.1 Å². The number of methoxy groups -OCH3 is 1. The first-order valence-corrected chi connectivity index (χ1v) is 11.2. The third-order valence-electron chi connectivity index (χ3n) is 5.00. The minimum atomic E-state index is 0.0266. The predicted molar refractivity (Wildman–Crippen MR) is 130 cm³/mol. The molecule has 0 atom stereocenters. The topological polar surface area (TPSA) is 63.5 Å². The van der Waals surface area contributed by atoms with E-state index in [9.17, 15) is 4.79 Å². The second-order valence-electron chi connectivity index (χ2n) is 7.51. The number of carbonyl (C=O) groups excluding carboxylic acids is 1. The molecule has 0 unspecified atom stereocenters. The van der Waals surface area contributed by atoms with Gasteiger partial charge in [0.05, 0.1) is 18.4 Å². The van der Waals surface area contributed by atoms with Crippen LogP contribution in [0.15, 0.2) is 66.3 Å². The Labute approximate surface area is 193 Å². The van der Waals surface area contributed by atoms with Gasteiger partial charge in [-0.2, -0.15) is 0 Å². The summed E-state index contributed by atoms with van der Waals surface area (Å²) in [5.74, 6) is 1.70. The molecular weight excluding hydrogens is 422 g/mol. The lowest BCUT2D eigenvalue weighted by molar-refractivity contribution is -0.127. The molecule has 1 aromatic heterocycles. The van der Waals surface area contributed by atoms with Gasteiger partial charge in [0.25, 0.3) is 0 Å². The van der Waals surface area contributed by atoms with E-state index < -0.39 is 0 Å². The van der Waals surface area contributed by atoms with Gasteiger partial charge >= 0.3 is 0 Å². The predicted octanol–water partition coefficient (Wildman–Crippen LogP) is 3.96. The third kappa shape index (κ3) is 5.50. The average molecular weight is 452 g/mol. The summed E-state index contributed by atoms with van der Waals surface area (Å²) in [5, 5.41) is 9.36. The van der Waals surface area contributed by atoms with Crippen LogP contribution >= 0.6 is 11.8 Å². The molecule has 0 saturated heterocycles. The van der Waals surface area contributed by atoms with Crippen LogP contribution in [0.5, 0.6) is 5.75 Å². The van der Waals surface area contributed by atoms with E-state index in [0.29, 0.717) is 24.1 Å². The lowest BCUT2D eigenvalue weighted by atomic mass is 10.2. The Hall–Kier alpha value is -3.26. The largest absolute Gasteiger partial charge is 0.496 e. The van der Waals surface area contributed by atoms with Crippen molar-refractivity contribution in [1.29, 1.82) is 0 Å². The number of para-hydroxylation sites is 1. The zero-order chi connectivity index (χ0) is 23.1. The van der Waals surface area contributed by atoms with Crippen LogP contribution in [0.4, 0.5) is 5.69 Å². The minimum absolute atomic E-state index is 0.0266. The highest BCUT2D eigenvalue weighted by molar-refractivity contribution is 7.99. The van der Waals surface area contributed by atoms with Gasteiger partial charge in [-0.1, -0.05) is 42.1 Å². The normalized spacial score (nSPS) is 10.6. The van der Waals surface area contributed by atoms with Crippen molar-refractivity contribution >= 4 is 23.4 Å². The van der Waals surface area contributed by atoms with E-state index in [2.05, 4.69) is 28.9 Å². The standard InChI is InChI=1S/C24H29N5O2S/c1-6-15-29-23(20-9-7-8-10-21(20)31-5)25-26-24(29)32-17-22(30)28(4)16-18-11-13-19(14-12-18)27(2)3/h6-14H,1,15-17H2,2-5H3. The first-order valence-electron chi connectivity index (χ1n) is 10.2. The molecule has 1 heterocycles. The number of ether oxygens (including phenoxy) is 1. The smallest absolute Gasteiger partial charge is 0.233 e. The molecule has 2 aromatic carbocycles. The second kappa shape index (κ2) is 10.9. The SMILES string of the molecule is C=CCn1c(SCC(=O)N(C)Cc2ccc(N(C)C)cc2)nnc1-c1ccccc1OC. The summed E-state index contributed by atoms with van der Waals surface area (Å²) >= 11 is 1.37. The van der Waals surface area contributed by atoms with Crippen LogP contribution in [0.3, 0.4) is 0 Å². The molecule has 0 aliphatic heterocycles. The number of rotatable bonds is 10. The van der Waals surface area contributed by atoms with Gasteiger partial charge in [0.2, 0.25) is 5.91 Å². The Morgan fingerprint density at radius 1 is 1.12 bits per heavy atom. The van der Waals surface area contributed by atoms with Crippen LogP contribution in [0.25, 0.3) is 11.4 Å². The maximum atomic E-state index is 12.7. The fourth-order valence-electron chi connectivity index (χ4n) is 3.22. The Morgan fingerprint density at radius 2 is 1.84 bits per heavy atom. The third-order valence-corrected chi connectivity index (χ3v) is 5.95. The van der Waals surface area contributed by atoms with Gasteiger partial charge in [-0.3, -0.25) is 9.36 Å². The number of amides is 1. The zero-order valence-electron chi connectivity index (χ0n) is 19.0. The molecule has 0 spiro atoms. The van der Waals surface area contributed by atoms with Crippen molar-refractivity contribution < 1.29 is 9.53 Å². The lowest BCUT2D eigenvalue weighted by Crippen LogP contribution is -2.28. The summed E-state index contributed by atoms with van der Waals surface area (Å²) < 4.78 is 7.42. The molecule has 0 aliphatic rings. The summed E-state index contributed by atoms with van der Waals surface area (Å²) in [5.41, 5.74) is 3.07.